The average molecular weight is 1660 g/mol. The minimum atomic E-state index is 0. The Bertz CT molecular complexity index is 5110. The van der Waals surface area contributed by atoms with Gasteiger partial charge in [-0.2, -0.15) is 0 Å². The molecule has 590 valence electrons. The summed E-state index contributed by atoms with van der Waals surface area (Å²) in [6, 6.07) is 51.5. The lowest BCUT2D eigenvalue weighted by Gasteiger charge is -2.23. The van der Waals surface area contributed by atoms with Gasteiger partial charge in [0.1, 0.15) is 36.6 Å². The van der Waals surface area contributed by atoms with E-state index in [4.69, 9.17) is 74.7 Å². The van der Waals surface area contributed by atoms with Gasteiger partial charge in [0.15, 0.2) is 0 Å². The minimum Gasteiger partial charge on any atom is -0.371 e. The summed E-state index contributed by atoms with van der Waals surface area (Å²) in [6.45, 7) is 14.7. The molecule has 0 spiro atoms. The van der Waals surface area contributed by atoms with Gasteiger partial charge in [-0.25, -0.2) is 0 Å². The van der Waals surface area contributed by atoms with Crippen LogP contribution in [0.5, 0.6) is 0 Å². The van der Waals surface area contributed by atoms with Crippen LogP contribution in [0.2, 0.25) is 15.1 Å². The molecule has 13 aromatic rings. The van der Waals surface area contributed by atoms with E-state index in [0.717, 1.165) is 125 Å². The van der Waals surface area contributed by atoms with E-state index in [2.05, 4.69) is 169 Å². The van der Waals surface area contributed by atoms with Crippen molar-refractivity contribution in [3.8, 4) is 11.1 Å². The SMILES string of the molecule is C.C.C.C.C.CCNCC1OCCc2c1sc1ccccc21.CNCC1OCCc2c1sc1ccc(-c3ccccc3)cc21.CNCC1OCCc2c1sc1ccc(C)c(Cl)c21.CNCC1OCCc2c1sc1ccccc21.NCC1OCCc2c1sc1ccc(Cl)c(Cl)c21.NCC1OCCc2c1sc1ccccc21. The van der Waals surface area contributed by atoms with Crippen molar-refractivity contribution >= 4 is 163 Å². The first kappa shape index (κ1) is 88.6. The van der Waals surface area contributed by atoms with Gasteiger partial charge in [0.2, 0.25) is 0 Å². The van der Waals surface area contributed by atoms with E-state index in [-0.39, 0.29) is 73.8 Å². The standard InChI is InChI=1S/C19H19NOS.C14H16ClNOS.C14H17NOS.C13H15NOS.C12H11Cl2NOS.C12H13NOS.5CH4/c1-20-12-17-19-15(9-10-21-17)16-11-14(7-8-18(16)22-19)13-5-3-2-4-6-13;1-8-3-4-11-12(13(8)15)9-5-6-17-10(7-16-2)14(9)18-11;1-2-15-9-12-14-11(7-8-16-12)10-5-3-4-6-13(10)17-14;1-14-8-11-13-10(6-7-15-11)9-4-2-3-5-12(9)16-13;13-7-1-2-9-10(11(7)14)6-3-4-16-8(5-15)12(6)17-9;13-7-10-12-9(5-6-14-10)8-3-1-2-4-11(8)15-12;;;;;/h2-8,11,17,20H,9-10,12H2,1H3;3-4,10,16H,5-7H2,1-2H3;3-6,12,15H,2,7-9H2,1H3;2-5,11,14H,6-8H2,1H3;1-2,8H,3-5,15H2;1-4,10H,5-7,13H2;5*1H4. The van der Waals surface area contributed by atoms with Crippen molar-refractivity contribution in [2.45, 2.75) is 126 Å². The number of thiophene rings is 6. The molecule has 8 N–H and O–H groups in total. The Morgan fingerprint density at radius 1 is 0.355 bits per heavy atom. The van der Waals surface area contributed by atoms with E-state index in [0.29, 0.717) is 29.7 Å². The summed E-state index contributed by atoms with van der Waals surface area (Å²) >= 11 is 29.9. The number of fused-ring (bicyclic) bond motifs is 18. The van der Waals surface area contributed by atoms with Gasteiger partial charge in [0, 0.05) is 108 Å². The number of hydrogen-bond donors (Lipinski definition) is 6. The second kappa shape index (κ2) is 41.8. The molecule has 0 fully saturated rings. The molecule has 6 aliphatic heterocycles. The Hall–Kier alpha value is -5.31. The van der Waals surface area contributed by atoms with Crippen molar-refractivity contribution in [2.24, 2.45) is 11.5 Å². The Labute approximate surface area is 691 Å². The van der Waals surface area contributed by atoms with Gasteiger partial charge in [0.25, 0.3) is 0 Å². The summed E-state index contributed by atoms with van der Waals surface area (Å²) in [7, 11) is 5.92. The molecule has 0 amide bonds. The van der Waals surface area contributed by atoms with Gasteiger partial charge >= 0.3 is 0 Å². The maximum Gasteiger partial charge on any atom is 0.104 e. The van der Waals surface area contributed by atoms with Crippen LogP contribution in [0.4, 0.5) is 0 Å². The molecule has 21 heteroatoms. The van der Waals surface area contributed by atoms with Crippen molar-refractivity contribution in [1.29, 1.82) is 0 Å². The van der Waals surface area contributed by atoms with Crippen LogP contribution in [0.1, 0.15) is 149 Å². The van der Waals surface area contributed by atoms with Gasteiger partial charge in [-0.3, -0.25) is 0 Å². The Morgan fingerprint density at radius 3 is 1.11 bits per heavy atom. The summed E-state index contributed by atoms with van der Waals surface area (Å²) < 4.78 is 42.8. The molecule has 12 heterocycles. The molecule has 0 saturated carbocycles. The smallest absolute Gasteiger partial charge is 0.104 e. The predicted octanol–water partition coefficient (Wildman–Crippen LogP) is 23.4. The number of likely N-dealkylation sites (N-methyl/N-ethyl adjacent to an activating group) is 4. The number of nitrogens with two attached hydrogens (primary N) is 2. The van der Waals surface area contributed by atoms with Gasteiger partial charge in [-0.15, -0.1) is 68.0 Å². The molecule has 0 radical (unpaired) electrons. The molecule has 19 rings (SSSR count). The third-order valence-electron chi connectivity index (χ3n) is 20.1. The molecule has 6 aromatic heterocycles. The van der Waals surface area contributed by atoms with Gasteiger partial charge in [-0.1, -0.05) is 176 Å². The summed E-state index contributed by atoms with van der Waals surface area (Å²) in [6.07, 6.45) is 6.99. The van der Waals surface area contributed by atoms with Crippen molar-refractivity contribution in [3.05, 3.63) is 229 Å². The molecule has 0 bridgehead atoms. The highest BCUT2D eigenvalue weighted by atomic mass is 35.5. The van der Waals surface area contributed by atoms with Crippen molar-refractivity contribution < 1.29 is 28.4 Å². The van der Waals surface area contributed by atoms with Crippen LogP contribution >= 0.6 is 103 Å². The normalized spacial score (nSPS) is 18.4. The van der Waals surface area contributed by atoms with Gasteiger partial charge < -0.3 is 61.2 Å². The molecular weight excluding hydrogens is 1550 g/mol. The molecule has 12 nitrogen and oxygen atoms in total. The lowest BCUT2D eigenvalue weighted by molar-refractivity contribution is 0.0462. The molecule has 7 aromatic carbocycles. The Morgan fingerprint density at radius 2 is 0.682 bits per heavy atom. The second-order valence-electron chi connectivity index (χ2n) is 26.6. The lowest BCUT2D eigenvalue weighted by Crippen LogP contribution is -2.26. The highest BCUT2D eigenvalue weighted by Gasteiger charge is 2.31. The number of rotatable bonds is 12. The van der Waals surface area contributed by atoms with E-state index in [1.165, 1.54) is 124 Å². The first-order chi connectivity index (χ1) is 51.5. The fourth-order valence-electron chi connectivity index (χ4n) is 15.0. The van der Waals surface area contributed by atoms with E-state index in [1.54, 1.807) is 11.3 Å². The average Bonchev–Trinajstić information content (AvgIpc) is 1.63. The fraction of sp³-hybridized carbons (Fsp3) is 0.393. The number of benzene rings is 7. The highest BCUT2D eigenvalue weighted by Crippen LogP contribution is 2.48. The minimum absolute atomic E-state index is 0. The third-order valence-corrected chi connectivity index (χ3v) is 29.2. The van der Waals surface area contributed by atoms with Crippen LogP contribution in [-0.4, -0.2) is 107 Å². The lowest BCUT2D eigenvalue weighted by atomic mass is 9.99. The first-order valence-corrected chi connectivity index (χ1v) is 42.5. The zero-order valence-electron chi connectivity index (χ0n) is 59.9. The highest BCUT2D eigenvalue weighted by molar-refractivity contribution is 7.21. The van der Waals surface area contributed by atoms with Crippen LogP contribution in [-0.2, 0) is 66.9 Å². The van der Waals surface area contributed by atoms with Crippen molar-refractivity contribution in [1.82, 2.24) is 21.3 Å². The molecule has 6 aliphatic rings. The van der Waals surface area contributed by atoms with Crippen LogP contribution in [0.3, 0.4) is 0 Å². The van der Waals surface area contributed by atoms with Crippen molar-refractivity contribution in [2.75, 3.05) is 107 Å². The maximum absolute atomic E-state index is 6.48. The van der Waals surface area contributed by atoms with Crippen LogP contribution in [0, 0.1) is 6.92 Å². The second-order valence-corrected chi connectivity index (χ2v) is 34.3. The Kier molecular flexibility index (Phi) is 33.7. The molecule has 6 unspecified atom stereocenters. The van der Waals surface area contributed by atoms with E-state index >= 15 is 0 Å². The number of halogens is 3. The molecule has 6 atom stereocenters. The predicted molar refractivity (Wildman–Crippen MR) is 483 cm³/mol. The monoisotopic (exact) mass is 1660 g/mol. The topological polar surface area (TPSA) is 156 Å². The number of hydrogen-bond acceptors (Lipinski definition) is 18. The largest absolute Gasteiger partial charge is 0.371 e. The molecular formula is C89H111Cl3N6O6S6. The summed E-state index contributed by atoms with van der Waals surface area (Å²) in [5, 5.41) is 23.2. The number of aryl methyl sites for hydroxylation is 1. The Balaban J connectivity index is 0.000000151. The van der Waals surface area contributed by atoms with Gasteiger partial charge in [-0.05, 0) is 193 Å². The quantitative estimate of drug-likeness (QED) is 0.0690. The third kappa shape index (κ3) is 19.1. The molecule has 110 heavy (non-hydrogen) atoms. The summed E-state index contributed by atoms with van der Waals surface area (Å²) in [5.74, 6) is 0. The zero-order valence-corrected chi connectivity index (χ0v) is 67.1. The van der Waals surface area contributed by atoms with Gasteiger partial charge in [0.05, 0.1) is 54.7 Å². The first-order valence-electron chi connectivity index (χ1n) is 36.5. The van der Waals surface area contributed by atoms with E-state index in [9.17, 15) is 0 Å². The fourth-order valence-corrected chi connectivity index (χ4v) is 23.7. The summed E-state index contributed by atoms with van der Waals surface area (Å²) in [4.78, 5) is 8.14. The maximum atomic E-state index is 6.48. The van der Waals surface area contributed by atoms with Crippen molar-refractivity contribution in [3.63, 3.8) is 0 Å². The van der Waals surface area contributed by atoms with Crippen LogP contribution < -0.4 is 32.7 Å². The number of ether oxygens (including phenoxy) is 6. The number of nitrogens with one attached hydrogen (secondary N) is 4. The summed E-state index contributed by atoms with van der Waals surface area (Å²) in [5.41, 5.74) is 23.8. The van der Waals surface area contributed by atoms with Crippen LogP contribution in [0.25, 0.3) is 71.6 Å². The van der Waals surface area contributed by atoms with E-state index in [1.807, 2.05) is 90.0 Å². The molecule has 0 aliphatic carbocycles. The zero-order chi connectivity index (χ0) is 72.5. The molecule has 0 saturated heterocycles. The van der Waals surface area contributed by atoms with E-state index < -0.39 is 0 Å². The van der Waals surface area contributed by atoms with Crippen LogP contribution in [0.15, 0.2) is 146 Å².